The zero-order valence-electron chi connectivity index (χ0n) is 10.7. The number of carbonyl (C=O) groups excluding carboxylic acids is 1. The van der Waals surface area contributed by atoms with Gasteiger partial charge in [-0.3, -0.25) is 0 Å². The number of halogens is 3. The van der Waals surface area contributed by atoms with Crippen LogP contribution in [0.5, 0.6) is 0 Å². The van der Waals surface area contributed by atoms with Gasteiger partial charge in [-0.15, -0.1) is 0 Å². The number of nitrogens with zero attached hydrogens (tertiary/aromatic N) is 3. The van der Waals surface area contributed by atoms with Crippen LogP contribution in [-0.4, -0.2) is 42.1 Å². The van der Waals surface area contributed by atoms with E-state index in [2.05, 4.69) is 14.7 Å². The van der Waals surface area contributed by atoms with Crippen LogP contribution in [0.2, 0.25) is 5.15 Å². The highest BCUT2D eigenvalue weighted by molar-refractivity contribution is 6.32. The van der Waals surface area contributed by atoms with Crippen molar-refractivity contribution in [2.75, 3.05) is 30.8 Å². The number of esters is 1. The van der Waals surface area contributed by atoms with Gasteiger partial charge in [0.15, 0.2) is 22.5 Å². The van der Waals surface area contributed by atoms with Gasteiger partial charge in [0.05, 0.1) is 7.11 Å². The normalized spacial score (nSPS) is 17.9. The Balaban J connectivity index is 2.26. The van der Waals surface area contributed by atoms with E-state index in [1.54, 1.807) is 4.90 Å². The fourth-order valence-corrected chi connectivity index (χ4v) is 2.16. The quantitative estimate of drug-likeness (QED) is 0.838. The molecule has 20 heavy (non-hydrogen) atoms. The number of nitrogens with two attached hydrogens (primary N) is 1. The molecule has 2 rings (SSSR count). The van der Waals surface area contributed by atoms with E-state index in [1.807, 2.05) is 0 Å². The molecule has 0 aromatic carbocycles. The van der Waals surface area contributed by atoms with Crippen LogP contribution in [0.1, 0.15) is 23.3 Å². The molecule has 0 bridgehead atoms. The minimum absolute atomic E-state index is 0.0650. The van der Waals surface area contributed by atoms with Crippen molar-refractivity contribution in [2.24, 2.45) is 0 Å². The van der Waals surface area contributed by atoms with Gasteiger partial charge in [0.25, 0.3) is 5.92 Å². The molecule has 0 radical (unpaired) electrons. The van der Waals surface area contributed by atoms with Crippen LogP contribution in [0, 0.1) is 0 Å². The van der Waals surface area contributed by atoms with Gasteiger partial charge in [0.1, 0.15) is 0 Å². The zero-order chi connectivity index (χ0) is 14.9. The van der Waals surface area contributed by atoms with Crippen molar-refractivity contribution >= 4 is 29.2 Å². The van der Waals surface area contributed by atoms with Crippen molar-refractivity contribution in [3.63, 3.8) is 0 Å². The maximum absolute atomic E-state index is 13.1. The van der Waals surface area contributed by atoms with Gasteiger partial charge in [-0.1, -0.05) is 11.6 Å². The first kappa shape index (κ1) is 14.7. The third-order valence-electron chi connectivity index (χ3n) is 3.04. The molecular weight excluding hydrogens is 294 g/mol. The van der Waals surface area contributed by atoms with Crippen molar-refractivity contribution < 1.29 is 18.3 Å². The summed E-state index contributed by atoms with van der Waals surface area (Å²) in [6, 6.07) is 0. The number of nitrogen functional groups attached to an aromatic ring is 1. The van der Waals surface area contributed by atoms with Crippen LogP contribution in [0.25, 0.3) is 0 Å². The Hall–Kier alpha value is -1.70. The molecule has 1 aliphatic rings. The highest BCUT2D eigenvalue weighted by atomic mass is 35.5. The third kappa shape index (κ3) is 2.90. The van der Waals surface area contributed by atoms with E-state index in [0.29, 0.717) is 0 Å². The van der Waals surface area contributed by atoms with Gasteiger partial charge in [-0.25, -0.2) is 23.5 Å². The second-order valence-electron chi connectivity index (χ2n) is 4.41. The number of hydrogen-bond donors (Lipinski definition) is 1. The van der Waals surface area contributed by atoms with E-state index in [9.17, 15) is 13.6 Å². The average molecular weight is 307 g/mol. The van der Waals surface area contributed by atoms with E-state index < -0.39 is 11.9 Å². The van der Waals surface area contributed by atoms with E-state index in [0.717, 1.165) is 0 Å². The molecule has 2 N–H and O–H groups in total. The lowest BCUT2D eigenvalue weighted by molar-refractivity contribution is -0.0221. The van der Waals surface area contributed by atoms with Gasteiger partial charge in [-0.2, -0.15) is 0 Å². The maximum atomic E-state index is 13.1. The molecule has 1 aromatic rings. The maximum Gasteiger partial charge on any atom is 0.360 e. The molecule has 0 amide bonds. The Labute approximate surface area is 118 Å². The molecule has 0 atom stereocenters. The number of anilines is 2. The number of methoxy groups -OCH3 is 1. The monoisotopic (exact) mass is 306 g/mol. The highest BCUT2D eigenvalue weighted by Gasteiger charge is 2.35. The van der Waals surface area contributed by atoms with Crippen LogP contribution >= 0.6 is 11.6 Å². The van der Waals surface area contributed by atoms with Crippen LogP contribution in [0.4, 0.5) is 20.4 Å². The first-order valence-electron chi connectivity index (χ1n) is 5.88. The standard InChI is InChI=1S/C11H13ClF2N4O2/c1-20-10(19)6-8(15)17-9(7(12)16-6)18-4-2-11(13,14)3-5-18/h2-5H2,1H3,(H2,15,17). The molecule has 0 unspecified atom stereocenters. The molecular formula is C11H13ClF2N4O2. The lowest BCUT2D eigenvalue weighted by Gasteiger charge is -2.32. The second-order valence-corrected chi connectivity index (χ2v) is 4.76. The summed E-state index contributed by atoms with van der Waals surface area (Å²) in [4.78, 5) is 20.8. The molecule has 1 fully saturated rings. The van der Waals surface area contributed by atoms with Crippen molar-refractivity contribution in [1.82, 2.24) is 9.97 Å². The summed E-state index contributed by atoms with van der Waals surface area (Å²) in [5.74, 6) is -3.37. The first-order valence-corrected chi connectivity index (χ1v) is 6.26. The van der Waals surface area contributed by atoms with Gasteiger partial charge in [0.2, 0.25) is 0 Å². The topological polar surface area (TPSA) is 81.3 Å². The van der Waals surface area contributed by atoms with Crippen LogP contribution in [0.15, 0.2) is 0 Å². The van der Waals surface area contributed by atoms with E-state index >= 15 is 0 Å². The molecule has 110 valence electrons. The smallest absolute Gasteiger partial charge is 0.360 e. The highest BCUT2D eigenvalue weighted by Crippen LogP contribution is 2.32. The number of hydrogen-bond acceptors (Lipinski definition) is 6. The van der Waals surface area contributed by atoms with Gasteiger partial charge in [-0.05, 0) is 0 Å². The Kier molecular flexibility index (Phi) is 3.94. The predicted molar refractivity (Wildman–Crippen MR) is 69.2 cm³/mol. The van der Waals surface area contributed by atoms with Gasteiger partial charge < -0.3 is 15.4 Å². The van der Waals surface area contributed by atoms with Crippen molar-refractivity contribution in [3.05, 3.63) is 10.8 Å². The van der Waals surface area contributed by atoms with Crippen LogP contribution in [0.3, 0.4) is 0 Å². The first-order chi connectivity index (χ1) is 9.34. The largest absolute Gasteiger partial charge is 0.464 e. The fraction of sp³-hybridized carbons (Fsp3) is 0.545. The van der Waals surface area contributed by atoms with Crippen molar-refractivity contribution in [2.45, 2.75) is 18.8 Å². The van der Waals surface area contributed by atoms with Crippen LogP contribution < -0.4 is 10.6 Å². The van der Waals surface area contributed by atoms with Gasteiger partial charge >= 0.3 is 5.97 Å². The number of rotatable bonds is 2. The average Bonchev–Trinajstić information content (AvgIpc) is 2.40. The molecule has 1 saturated heterocycles. The number of aromatic nitrogens is 2. The Morgan fingerprint density at radius 3 is 2.55 bits per heavy atom. The SMILES string of the molecule is COC(=O)c1nc(Cl)c(N2CCC(F)(F)CC2)nc1N. The van der Waals surface area contributed by atoms with Crippen molar-refractivity contribution in [1.29, 1.82) is 0 Å². The molecule has 0 saturated carbocycles. The Bertz CT molecular complexity index is 531. The fourth-order valence-electron chi connectivity index (χ4n) is 1.91. The molecule has 1 aromatic heterocycles. The molecule has 0 aliphatic carbocycles. The number of piperidine rings is 1. The Morgan fingerprint density at radius 2 is 2.00 bits per heavy atom. The summed E-state index contributed by atoms with van der Waals surface area (Å²) in [6.07, 6.45) is -0.576. The van der Waals surface area contributed by atoms with Gasteiger partial charge in [0, 0.05) is 25.9 Å². The third-order valence-corrected chi connectivity index (χ3v) is 3.29. The number of ether oxygens (including phenoxy) is 1. The summed E-state index contributed by atoms with van der Waals surface area (Å²) in [5, 5.41) is -0.0650. The van der Waals surface area contributed by atoms with E-state index in [4.69, 9.17) is 17.3 Å². The lowest BCUT2D eigenvalue weighted by Crippen LogP contribution is -2.40. The second kappa shape index (κ2) is 5.35. The lowest BCUT2D eigenvalue weighted by atomic mass is 10.1. The minimum Gasteiger partial charge on any atom is -0.464 e. The molecule has 0 spiro atoms. The van der Waals surface area contributed by atoms with E-state index in [-0.39, 0.29) is 48.4 Å². The summed E-state index contributed by atoms with van der Waals surface area (Å²) in [7, 11) is 1.18. The minimum atomic E-state index is -2.67. The van der Waals surface area contributed by atoms with Crippen molar-refractivity contribution in [3.8, 4) is 0 Å². The summed E-state index contributed by atoms with van der Waals surface area (Å²) in [5.41, 5.74) is 5.43. The summed E-state index contributed by atoms with van der Waals surface area (Å²) < 4.78 is 30.7. The molecule has 9 heteroatoms. The van der Waals surface area contributed by atoms with Crippen LogP contribution in [-0.2, 0) is 4.74 Å². The number of alkyl halides is 2. The number of carbonyl (C=O) groups is 1. The molecule has 6 nitrogen and oxygen atoms in total. The summed E-state index contributed by atoms with van der Waals surface area (Å²) in [6.45, 7) is 0.191. The molecule has 2 heterocycles. The predicted octanol–water partition coefficient (Wildman–Crippen LogP) is 1.73. The molecule has 1 aliphatic heterocycles. The Morgan fingerprint density at radius 1 is 1.40 bits per heavy atom. The zero-order valence-corrected chi connectivity index (χ0v) is 11.5. The van der Waals surface area contributed by atoms with E-state index in [1.165, 1.54) is 7.11 Å². The summed E-state index contributed by atoms with van der Waals surface area (Å²) >= 11 is 5.94.